The SMILES string of the molecule is O=Cc1cc2ccc(O)cc2c2ccccc12. The van der Waals surface area contributed by atoms with Gasteiger partial charge in [0.15, 0.2) is 6.29 Å². The lowest BCUT2D eigenvalue weighted by Crippen LogP contribution is -1.85. The number of aldehydes is 1. The number of phenols is 1. The van der Waals surface area contributed by atoms with E-state index in [4.69, 9.17) is 0 Å². The first-order valence-corrected chi connectivity index (χ1v) is 5.39. The highest BCUT2D eigenvalue weighted by Gasteiger charge is 2.05. The second kappa shape index (κ2) is 3.59. The summed E-state index contributed by atoms with van der Waals surface area (Å²) in [6.07, 6.45) is 0.870. The Balaban J connectivity index is 2.60. The molecule has 3 rings (SSSR count). The highest BCUT2D eigenvalue weighted by molar-refractivity contribution is 6.13. The topological polar surface area (TPSA) is 37.3 Å². The molecule has 0 bridgehead atoms. The largest absolute Gasteiger partial charge is 0.508 e. The van der Waals surface area contributed by atoms with Crippen molar-refractivity contribution in [1.82, 2.24) is 0 Å². The molecular weight excluding hydrogens is 212 g/mol. The number of rotatable bonds is 1. The van der Waals surface area contributed by atoms with Crippen molar-refractivity contribution in [2.45, 2.75) is 0 Å². The van der Waals surface area contributed by atoms with Crippen molar-refractivity contribution in [2.75, 3.05) is 0 Å². The summed E-state index contributed by atoms with van der Waals surface area (Å²) < 4.78 is 0. The molecule has 0 aliphatic carbocycles. The minimum atomic E-state index is 0.238. The third-order valence-electron chi connectivity index (χ3n) is 3.00. The molecule has 0 fully saturated rings. The van der Waals surface area contributed by atoms with Gasteiger partial charge in [-0.1, -0.05) is 30.3 Å². The Kier molecular flexibility index (Phi) is 2.08. The molecule has 0 spiro atoms. The lowest BCUT2D eigenvalue weighted by atomic mass is 9.98. The van der Waals surface area contributed by atoms with Gasteiger partial charge in [0.25, 0.3) is 0 Å². The molecule has 0 aliphatic rings. The van der Waals surface area contributed by atoms with Crippen LogP contribution in [0.15, 0.2) is 48.5 Å². The Morgan fingerprint density at radius 2 is 1.65 bits per heavy atom. The van der Waals surface area contributed by atoms with Crippen molar-refractivity contribution in [2.24, 2.45) is 0 Å². The number of hydrogen-bond acceptors (Lipinski definition) is 2. The Bertz CT molecular complexity index is 729. The lowest BCUT2D eigenvalue weighted by molar-refractivity contribution is 0.112. The molecule has 0 saturated carbocycles. The number of fused-ring (bicyclic) bond motifs is 3. The van der Waals surface area contributed by atoms with E-state index >= 15 is 0 Å². The van der Waals surface area contributed by atoms with Gasteiger partial charge in [0.05, 0.1) is 0 Å². The summed E-state index contributed by atoms with van der Waals surface area (Å²) in [6.45, 7) is 0. The average Bonchev–Trinajstić information content (AvgIpc) is 2.38. The minimum absolute atomic E-state index is 0.238. The predicted molar refractivity (Wildman–Crippen MR) is 68.5 cm³/mol. The van der Waals surface area contributed by atoms with Crippen molar-refractivity contribution in [3.05, 3.63) is 54.1 Å². The standard InChI is InChI=1S/C15H10O2/c16-9-11-7-10-5-6-12(17)8-15(10)14-4-2-1-3-13(11)14/h1-9,17H. The van der Waals surface area contributed by atoms with Crippen molar-refractivity contribution < 1.29 is 9.90 Å². The van der Waals surface area contributed by atoms with Gasteiger partial charge in [-0.05, 0) is 39.7 Å². The van der Waals surface area contributed by atoms with Crippen LogP contribution in [0, 0.1) is 0 Å². The fourth-order valence-corrected chi connectivity index (χ4v) is 2.22. The summed E-state index contributed by atoms with van der Waals surface area (Å²) in [5.74, 6) is 0.238. The maximum atomic E-state index is 11.1. The highest BCUT2D eigenvalue weighted by atomic mass is 16.3. The third kappa shape index (κ3) is 1.46. The molecule has 0 heterocycles. The van der Waals surface area contributed by atoms with E-state index in [1.165, 1.54) is 0 Å². The number of hydrogen-bond donors (Lipinski definition) is 1. The second-order valence-corrected chi connectivity index (χ2v) is 4.03. The normalized spacial score (nSPS) is 10.8. The number of aromatic hydroxyl groups is 1. The molecule has 0 atom stereocenters. The second-order valence-electron chi connectivity index (χ2n) is 4.03. The monoisotopic (exact) mass is 222 g/mol. The summed E-state index contributed by atoms with van der Waals surface area (Å²) in [6, 6.07) is 14.8. The molecule has 3 aromatic carbocycles. The highest BCUT2D eigenvalue weighted by Crippen LogP contribution is 2.30. The summed E-state index contributed by atoms with van der Waals surface area (Å²) in [4.78, 5) is 11.1. The molecule has 0 aromatic heterocycles. The fraction of sp³-hybridized carbons (Fsp3) is 0. The van der Waals surface area contributed by atoms with Crippen LogP contribution in [-0.2, 0) is 0 Å². The Morgan fingerprint density at radius 1 is 0.882 bits per heavy atom. The minimum Gasteiger partial charge on any atom is -0.508 e. The number of carbonyl (C=O) groups is 1. The summed E-state index contributed by atoms with van der Waals surface area (Å²) in [5.41, 5.74) is 0.679. The van der Waals surface area contributed by atoms with E-state index in [9.17, 15) is 9.90 Å². The van der Waals surface area contributed by atoms with Crippen LogP contribution in [0.25, 0.3) is 21.5 Å². The molecule has 3 aromatic rings. The Morgan fingerprint density at radius 3 is 2.41 bits per heavy atom. The van der Waals surface area contributed by atoms with Gasteiger partial charge < -0.3 is 5.11 Å². The van der Waals surface area contributed by atoms with E-state index in [0.29, 0.717) is 5.56 Å². The lowest BCUT2D eigenvalue weighted by Gasteiger charge is -2.06. The van der Waals surface area contributed by atoms with E-state index in [1.807, 2.05) is 36.4 Å². The molecule has 2 heteroatoms. The van der Waals surface area contributed by atoms with Gasteiger partial charge in [0.1, 0.15) is 5.75 Å². The van der Waals surface area contributed by atoms with Gasteiger partial charge >= 0.3 is 0 Å². The van der Waals surface area contributed by atoms with Crippen molar-refractivity contribution in [3.63, 3.8) is 0 Å². The van der Waals surface area contributed by atoms with E-state index < -0.39 is 0 Å². The van der Waals surface area contributed by atoms with Crippen molar-refractivity contribution in [3.8, 4) is 5.75 Å². The molecule has 17 heavy (non-hydrogen) atoms. The third-order valence-corrected chi connectivity index (χ3v) is 3.00. The first-order valence-electron chi connectivity index (χ1n) is 5.39. The van der Waals surface area contributed by atoms with E-state index in [1.54, 1.807) is 12.1 Å². The quantitative estimate of drug-likeness (QED) is 0.505. The molecule has 2 nitrogen and oxygen atoms in total. The maximum Gasteiger partial charge on any atom is 0.150 e. The van der Waals surface area contributed by atoms with Crippen LogP contribution in [0.1, 0.15) is 10.4 Å². The molecule has 0 unspecified atom stereocenters. The van der Waals surface area contributed by atoms with Gasteiger partial charge in [-0.2, -0.15) is 0 Å². The van der Waals surface area contributed by atoms with Gasteiger partial charge in [-0.3, -0.25) is 4.79 Å². The first kappa shape index (κ1) is 9.85. The zero-order chi connectivity index (χ0) is 11.8. The van der Waals surface area contributed by atoms with Crippen LogP contribution < -0.4 is 0 Å². The van der Waals surface area contributed by atoms with Gasteiger partial charge in [0.2, 0.25) is 0 Å². The smallest absolute Gasteiger partial charge is 0.150 e. The molecule has 0 aliphatic heterocycles. The molecule has 0 amide bonds. The van der Waals surface area contributed by atoms with Gasteiger partial charge in [0, 0.05) is 5.56 Å². The van der Waals surface area contributed by atoms with E-state index in [2.05, 4.69) is 0 Å². The summed E-state index contributed by atoms with van der Waals surface area (Å²) in [5, 5.41) is 13.4. The number of benzene rings is 3. The van der Waals surface area contributed by atoms with Crippen LogP contribution in [0.4, 0.5) is 0 Å². The zero-order valence-corrected chi connectivity index (χ0v) is 9.05. The Hall–Kier alpha value is -2.35. The summed E-state index contributed by atoms with van der Waals surface area (Å²) >= 11 is 0. The zero-order valence-electron chi connectivity index (χ0n) is 9.05. The molecular formula is C15H10O2. The van der Waals surface area contributed by atoms with E-state index in [0.717, 1.165) is 27.8 Å². The number of phenolic OH excluding ortho intramolecular Hbond substituents is 1. The molecule has 0 saturated heterocycles. The van der Waals surface area contributed by atoms with Crippen LogP contribution in [0.2, 0.25) is 0 Å². The van der Waals surface area contributed by atoms with Crippen LogP contribution in [-0.4, -0.2) is 11.4 Å². The van der Waals surface area contributed by atoms with E-state index in [-0.39, 0.29) is 5.75 Å². The van der Waals surface area contributed by atoms with Gasteiger partial charge in [-0.15, -0.1) is 0 Å². The Labute approximate surface area is 98.1 Å². The fourth-order valence-electron chi connectivity index (χ4n) is 2.22. The van der Waals surface area contributed by atoms with Crippen LogP contribution in [0.5, 0.6) is 5.75 Å². The predicted octanol–water partition coefficient (Wildman–Crippen LogP) is 3.51. The maximum absolute atomic E-state index is 11.1. The first-order chi connectivity index (χ1) is 8.29. The van der Waals surface area contributed by atoms with Crippen molar-refractivity contribution >= 4 is 27.8 Å². The number of carbonyl (C=O) groups excluding carboxylic acids is 1. The van der Waals surface area contributed by atoms with Crippen LogP contribution in [0.3, 0.4) is 0 Å². The molecule has 0 radical (unpaired) electrons. The summed E-state index contributed by atoms with van der Waals surface area (Å²) in [7, 11) is 0. The van der Waals surface area contributed by atoms with Crippen LogP contribution >= 0.6 is 0 Å². The molecule has 82 valence electrons. The average molecular weight is 222 g/mol. The molecule has 1 N–H and O–H groups in total. The van der Waals surface area contributed by atoms with Gasteiger partial charge in [-0.25, -0.2) is 0 Å². The van der Waals surface area contributed by atoms with Crippen molar-refractivity contribution in [1.29, 1.82) is 0 Å².